The molecule has 8 heteroatoms. The SMILES string of the molecule is O=S(=O)(c1nn[nH]n1)C(CCCCCCBr)c1ccccc1. The molecule has 0 aliphatic heterocycles. The Kier molecular flexibility index (Phi) is 6.50. The lowest BCUT2D eigenvalue weighted by Gasteiger charge is -2.16. The highest BCUT2D eigenvalue weighted by Gasteiger charge is 2.32. The Morgan fingerprint density at radius 3 is 2.45 bits per heavy atom. The lowest BCUT2D eigenvalue weighted by atomic mass is 10.1. The number of H-pyrrole nitrogens is 1. The van der Waals surface area contributed by atoms with E-state index in [1.54, 1.807) is 0 Å². The van der Waals surface area contributed by atoms with Crippen molar-refractivity contribution in [1.29, 1.82) is 0 Å². The second-order valence-electron chi connectivity index (χ2n) is 5.03. The van der Waals surface area contributed by atoms with Crippen LogP contribution in [0.5, 0.6) is 0 Å². The molecule has 1 heterocycles. The average Bonchev–Trinajstić information content (AvgIpc) is 3.07. The summed E-state index contributed by atoms with van der Waals surface area (Å²) < 4.78 is 25.4. The number of hydrogen-bond acceptors (Lipinski definition) is 5. The smallest absolute Gasteiger partial charge is 0.220 e. The molecule has 1 unspecified atom stereocenters. The van der Waals surface area contributed by atoms with Crippen LogP contribution in [-0.2, 0) is 9.84 Å². The molecular weight excluding hydrogens is 368 g/mol. The number of nitrogens with one attached hydrogen (secondary N) is 1. The fraction of sp³-hybridized carbons (Fsp3) is 0.500. The van der Waals surface area contributed by atoms with E-state index in [4.69, 9.17) is 0 Å². The minimum absolute atomic E-state index is 0.234. The average molecular weight is 387 g/mol. The van der Waals surface area contributed by atoms with Gasteiger partial charge in [-0.2, -0.15) is 5.21 Å². The standard InChI is InChI=1S/C14H19BrN4O2S/c15-11-7-2-1-6-10-13(12-8-4-3-5-9-12)22(20,21)14-16-18-19-17-14/h3-5,8-9,13H,1-2,6-7,10-11H2,(H,16,17,18,19). The molecule has 22 heavy (non-hydrogen) atoms. The number of aromatic nitrogens is 4. The van der Waals surface area contributed by atoms with Crippen LogP contribution < -0.4 is 0 Å². The van der Waals surface area contributed by atoms with E-state index in [0.29, 0.717) is 6.42 Å². The summed E-state index contributed by atoms with van der Waals surface area (Å²) in [6.07, 6.45) is 4.62. The summed E-state index contributed by atoms with van der Waals surface area (Å²) in [6.45, 7) is 0. The van der Waals surface area contributed by atoms with Gasteiger partial charge in [-0.15, -0.1) is 5.10 Å². The van der Waals surface area contributed by atoms with E-state index in [2.05, 4.69) is 36.6 Å². The van der Waals surface area contributed by atoms with E-state index >= 15 is 0 Å². The number of alkyl halides is 1. The van der Waals surface area contributed by atoms with Crippen molar-refractivity contribution in [3.05, 3.63) is 35.9 Å². The second-order valence-corrected chi connectivity index (χ2v) is 7.85. The zero-order chi connectivity index (χ0) is 15.8. The van der Waals surface area contributed by atoms with Gasteiger partial charge in [-0.3, -0.25) is 0 Å². The molecule has 0 bridgehead atoms. The molecule has 0 saturated heterocycles. The number of nitrogens with zero attached hydrogens (tertiary/aromatic N) is 3. The number of unbranched alkanes of at least 4 members (excludes halogenated alkanes) is 3. The molecule has 120 valence electrons. The topological polar surface area (TPSA) is 88.6 Å². The molecule has 0 fully saturated rings. The summed E-state index contributed by atoms with van der Waals surface area (Å²) in [4.78, 5) is 0. The summed E-state index contributed by atoms with van der Waals surface area (Å²) in [5, 5.41) is 13.0. The number of hydrogen-bond donors (Lipinski definition) is 1. The maximum atomic E-state index is 12.7. The molecule has 0 aliphatic carbocycles. The molecule has 1 aromatic heterocycles. The Hall–Kier alpha value is -1.28. The minimum Gasteiger partial charge on any atom is -0.220 e. The van der Waals surface area contributed by atoms with E-state index in [1.165, 1.54) is 0 Å². The number of tetrazole rings is 1. The number of halogens is 1. The largest absolute Gasteiger partial charge is 0.288 e. The van der Waals surface area contributed by atoms with Crippen molar-refractivity contribution < 1.29 is 8.42 Å². The van der Waals surface area contributed by atoms with Gasteiger partial charge >= 0.3 is 0 Å². The molecule has 1 N–H and O–H groups in total. The van der Waals surface area contributed by atoms with E-state index in [-0.39, 0.29) is 5.16 Å². The molecule has 0 saturated carbocycles. The van der Waals surface area contributed by atoms with Crippen LogP contribution in [0.3, 0.4) is 0 Å². The molecule has 2 aromatic rings. The van der Waals surface area contributed by atoms with Gasteiger partial charge in [0.1, 0.15) is 0 Å². The highest BCUT2D eigenvalue weighted by molar-refractivity contribution is 9.09. The van der Waals surface area contributed by atoms with Crippen molar-refractivity contribution in [1.82, 2.24) is 20.6 Å². The van der Waals surface area contributed by atoms with E-state index in [0.717, 1.165) is 36.6 Å². The van der Waals surface area contributed by atoms with Gasteiger partial charge in [0.2, 0.25) is 9.84 Å². The molecular formula is C14H19BrN4O2S. The molecule has 1 aromatic carbocycles. The molecule has 0 aliphatic rings. The summed E-state index contributed by atoms with van der Waals surface area (Å²) in [6, 6.07) is 9.23. The van der Waals surface area contributed by atoms with Crippen LogP contribution in [0.4, 0.5) is 0 Å². The first kappa shape index (κ1) is 17.1. The Labute approximate surface area is 138 Å². The van der Waals surface area contributed by atoms with Crippen molar-refractivity contribution in [2.75, 3.05) is 5.33 Å². The third kappa shape index (κ3) is 4.36. The van der Waals surface area contributed by atoms with Crippen molar-refractivity contribution in [3.8, 4) is 0 Å². The first-order valence-corrected chi connectivity index (χ1v) is 9.91. The van der Waals surface area contributed by atoms with Crippen LogP contribution in [0.2, 0.25) is 0 Å². The van der Waals surface area contributed by atoms with Crippen LogP contribution in [0.1, 0.15) is 42.9 Å². The number of sulfone groups is 1. The highest BCUT2D eigenvalue weighted by atomic mass is 79.9. The third-order valence-electron chi connectivity index (χ3n) is 3.48. The quantitative estimate of drug-likeness (QED) is 0.528. The Morgan fingerprint density at radius 1 is 1.09 bits per heavy atom. The Morgan fingerprint density at radius 2 is 1.82 bits per heavy atom. The van der Waals surface area contributed by atoms with Gasteiger partial charge < -0.3 is 0 Å². The molecule has 2 rings (SSSR count). The summed E-state index contributed by atoms with van der Waals surface area (Å²) >= 11 is 3.40. The van der Waals surface area contributed by atoms with Gasteiger partial charge in [-0.05, 0) is 23.6 Å². The summed E-state index contributed by atoms with van der Waals surface area (Å²) in [5.74, 6) is 0. The van der Waals surface area contributed by atoms with E-state index in [9.17, 15) is 8.42 Å². The van der Waals surface area contributed by atoms with Crippen LogP contribution in [-0.4, -0.2) is 34.4 Å². The van der Waals surface area contributed by atoms with Crippen LogP contribution in [0, 0.1) is 0 Å². The lowest BCUT2D eigenvalue weighted by Crippen LogP contribution is -2.15. The number of benzene rings is 1. The molecule has 0 radical (unpaired) electrons. The maximum Gasteiger partial charge on any atom is 0.288 e. The van der Waals surface area contributed by atoms with Crippen LogP contribution in [0.25, 0.3) is 0 Å². The molecule has 6 nitrogen and oxygen atoms in total. The third-order valence-corrected chi connectivity index (χ3v) is 5.98. The van der Waals surface area contributed by atoms with Gasteiger partial charge in [-0.1, -0.05) is 70.6 Å². The number of aromatic amines is 1. The van der Waals surface area contributed by atoms with Gasteiger partial charge in [0.15, 0.2) is 0 Å². The fourth-order valence-corrected chi connectivity index (χ4v) is 4.31. The first-order valence-electron chi connectivity index (χ1n) is 7.24. The zero-order valence-corrected chi connectivity index (χ0v) is 14.6. The van der Waals surface area contributed by atoms with Crippen molar-refractivity contribution >= 4 is 25.8 Å². The summed E-state index contributed by atoms with van der Waals surface area (Å²) in [5.41, 5.74) is 0.771. The number of rotatable bonds is 9. The van der Waals surface area contributed by atoms with Crippen LogP contribution in [0.15, 0.2) is 35.5 Å². The summed E-state index contributed by atoms with van der Waals surface area (Å²) in [7, 11) is -3.63. The fourth-order valence-electron chi connectivity index (χ4n) is 2.35. The van der Waals surface area contributed by atoms with Gasteiger partial charge in [0.05, 0.1) is 5.25 Å². The predicted molar refractivity (Wildman–Crippen MR) is 87.4 cm³/mol. The highest BCUT2D eigenvalue weighted by Crippen LogP contribution is 2.31. The molecule has 0 spiro atoms. The molecule has 1 atom stereocenters. The predicted octanol–water partition coefficient (Wildman–Crippen LogP) is 3.06. The maximum absolute atomic E-state index is 12.7. The Balaban J connectivity index is 2.16. The van der Waals surface area contributed by atoms with Crippen molar-refractivity contribution in [3.63, 3.8) is 0 Å². The Bertz CT molecular complexity index is 647. The second kappa shape index (κ2) is 8.38. The van der Waals surface area contributed by atoms with E-state index < -0.39 is 15.1 Å². The van der Waals surface area contributed by atoms with Crippen molar-refractivity contribution in [2.45, 2.75) is 42.5 Å². The van der Waals surface area contributed by atoms with Gasteiger partial charge in [0, 0.05) is 5.33 Å². The van der Waals surface area contributed by atoms with Gasteiger partial charge in [-0.25, -0.2) is 8.42 Å². The van der Waals surface area contributed by atoms with Gasteiger partial charge in [0.25, 0.3) is 5.16 Å². The first-order chi connectivity index (χ1) is 10.7. The zero-order valence-electron chi connectivity index (χ0n) is 12.2. The minimum atomic E-state index is -3.63. The monoisotopic (exact) mass is 386 g/mol. The normalized spacial score (nSPS) is 13.1. The lowest BCUT2D eigenvalue weighted by molar-refractivity contribution is 0.553. The van der Waals surface area contributed by atoms with Crippen molar-refractivity contribution in [2.24, 2.45) is 0 Å². The van der Waals surface area contributed by atoms with Crippen LogP contribution >= 0.6 is 15.9 Å². The van der Waals surface area contributed by atoms with E-state index in [1.807, 2.05) is 30.3 Å². The molecule has 0 amide bonds.